The molecule has 312 valence electrons. The Labute approximate surface area is 344 Å². The van der Waals surface area contributed by atoms with Crippen LogP contribution in [0, 0.1) is 0 Å². The molecule has 0 N–H and O–H groups in total. The second-order valence-corrected chi connectivity index (χ2v) is 34.2. The number of carbonyl (C=O) groups excluding carboxylic acids is 1. The number of benzene rings is 2. The number of para-hydroxylation sites is 1. The smallest absolute Gasteiger partial charge is 0.266 e. The van der Waals surface area contributed by atoms with E-state index in [0.717, 1.165) is 5.56 Å². The van der Waals surface area contributed by atoms with Gasteiger partial charge in [0, 0.05) is 0 Å². The monoisotopic (exact) mass is 833 g/mol. The third-order valence-corrected chi connectivity index (χ3v) is 26.1. The van der Waals surface area contributed by atoms with Crippen LogP contribution >= 0.6 is 0 Å². The Balaban J connectivity index is 1.61. The molecule has 14 heteroatoms. The van der Waals surface area contributed by atoms with Crippen LogP contribution in [0.5, 0.6) is 5.75 Å². The highest BCUT2D eigenvalue weighted by atomic mass is 28.4. The van der Waals surface area contributed by atoms with Crippen LogP contribution in [0.2, 0.25) is 54.4 Å². The van der Waals surface area contributed by atoms with Crippen LogP contribution in [-0.4, -0.2) is 81.9 Å². The van der Waals surface area contributed by atoms with E-state index < -0.39 is 49.5 Å². The summed E-state index contributed by atoms with van der Waals surface area (Å²) >= 11 is 0. The second kappa shape index (κ2) is 16.8. The molecule has 3 heterocycles. The van der Waals surface area contributed by atoms with E-state index in [-0.39, 0.29) is 34.2 Å². The number of anilines is 1. The van der Waals surface area contributed by atoms with Gasteiger partial charge in [-0.2, -0.15) is 0 Å². The van der Waals surface area contributed by atoms with Gasteiger partial charge in [0.05, 0.1) is 19.5 Å². The van der Waals surface area contributed by atoms with Crippen molar-refractivity contribution < 1.29 is 27.5 Å². The molecule has 57 heavy (non-hydrogen) atoms. The lowest BCUT2D eigenvalue weighted by Crippen LogP contribution is -2.54. The molecule has 11 nitrogen and oxygen atoms in total. The molecular formula is C43H67N5O6Si3. The Morgan fingerprint density at radius 2 is 1.28 bits per heavy atom. The normalized spacial score (nSPS) is 19.9. The maximum absolute atomic E-state index is 14.1. The number of nitrogens with zero attached hydrogens (tertiary/aromatic N) is 5. The molecule has 5 rings (SSSR count). The van der Waals surface area contributed by atoms with Crippen LogP contribution < -0.4 is 9.64 Å². The molecule has 0 spiro atoms. The van der Waals surface area contributed by atoms with E-state index in [1.807, 2.05) is 65.2 Å². The lowest BCUT2D eigenvalue weighted by Gasteiger charge is -2.44. The number of hydrogen-bond donors (Lipinski definition) is 0. The quantitative estimate of drug-likeness (QED) is 0.115. The van der Waals surface area contributed by atoms with Crippen LogP contribution in [-0.2, 0) is 29.4 Å². The molecule has 1 fully saturated rings. The number of ether oxygens (including phenoxy) is 2. The summed E-state index contributed by atoms with van der Waals surface area (Å²) in [7, 11) is -6.93. The number of aromatic nitrogens is 4. The average Bonchev–Trinajstić information content (AvgIpc) is 3.68. The molecule has 1 saturated heterocycles. The summed E-state index contributed by atoms with van der Waals surface area (Å²) in [6.45, 7) is 34.3. The molecule has 1 aliphatic heterocycles. The van der Waals surface area contributed by atoms with Gasteiger partial charge in [-0.1, -0.05) is 111 Å². The van der Waals surface area contributed by atoms with Crippen molar-refractivity contribution in [1.29, 1.82) is 0 Å². The van der Waals surface area contributed by atoms with Crippen molar-refractivity contribution in [1.82, 2.24) is 19.5 Å². The number of imidazole rings is 1. The van der Waals surface area contributed by atoms with Gasteiger partial charge >= 0.3 is 0 Å². The summed E-state index contributed by atoms with van der Waals surface area (Å²) in [5.41, 5.74) is 1.94. The van der Waals surface area contributed by atoms with Gasteiger partial charge in [-0.25, -0.2) is 15.0 Å². The molecule has 1 amide bonds. The van der Waals surface area contributed by atoms with Crippen LogP contribution in [0.15, 0.2) is 73.3 Å². The molecule has 4 atom stereocenters. The minimum atomic E-state index is -2.41. The highest BCUT2D eigenvalue weighted by molar-refractivity contribution is 6.75. The van der Waals surface area contributed by atoms with Crippen molar-refractivity contribution in [2.75, 3.05) is 18.1 Å². The number of amides is 1. The Morgan fingerprint density at radius 1 is 0.737 bits per heavy atom. The highest BCUT2D eigenvalue weighted by Gasteiger charge is 2.55. The fourth-order valence-electron chi connectivity index (χ4n) is 5.89. The number of carbonyl (C=O) groups is 1. The van der Waals surface area contributed by atoms with E-state index >= 15 is 0 Å². The minimum Gasteiger partial charge on any atom is -0.484 e. The van der Waals surface area contributed by atoms with Gasteiger partial charge in [0.15, 0.2) is 54.8 Å². The highest BCUT2D eigenvalue weighted by Crippen LogP contribution is 2.47. The summed E-state index contributed by atoms with van der Waals surface area (Å²) in [5, 5.41) is -0.123. The first-order valence-electron chi connectivity index (χ1n) is 20.2. The van der Waals surface area contributed by atoms with Gasteiger partial charge < -0.3 is 22.8 Å². The predicted molar refractivity (Wildman–Crippen MR) is 236 cm³/mol. The molecule has 0 saturated carbocycles. The standard InChI is InChI=1S/C43H67N5O6Si3/c1-41(2,3)55(10,11)51-27-33-36(53-56(12,13)42(4,5)6)37(54-57(14,15)43(7,8)9)40(52-33)48-30-46-35-38(44-29-45-39(35)48)47(26-31-22-18-16-19-23-31)34(49)28-50-32-24-20-17-21-25-32/h16-25,29-30,33,36-37,40H,26-28H2,1-15H3/t33-,36-,37-,40-/m1/s1. The van der Waals surface area contributed by atoms with Crippen molar-refractivity contribution in [3.63, 3.8) is 0 Å². The number of rotatable bonds is 14. The molecule has 1 aliphatic rings. The van der Waals surface area contributed by atoms with Crippen molar-refractivity contribution >= 4 is 47.8 Å². The predicted octanol–water partition coefficient (Wildman–Crippen LogP) is 10.1. The van der Waals surface area contributed by atoms with Crippen molar-refractivity contribution in [3.8, 4) is 5.75 Å². The van der Waals surface area contributed by atoms with E-state index in [4.69, 9.17) is 32.7 Å². The van der Waals surface area contributed by atoms with E-state index in [1.165, 1.54) is 6.33 Å². The van der Waals surface area contributed by atoms with Gasteiger partial charge in [-0.3, -0.25) is 14.3 Å². The van der Waals surface area contributed by atoms with Crippen LogP contribution in [0.3, 0.4) is 0 Å². The molecule has 0 unspecified atom stereocenters. The zero-order valence-corrected chi connectivity index (χ0v) is 40.0. The molecule has 0 aliphatic carbocycles. The SMILES string of the molecule is CC(C)(C)[Si](C)(C)OC[C@H]1O[C@@H](n2cnc3c(N(Cc4ccccc4)C(=O)COc4ccccc4)ncnc32)[C@H](O[Si](C)(C)C(C)(C)C)[C@@H]1O[Si](C)(C)C(C)(C)C. The van der Waals surface area contributed by atoms with Crippen molar-refractivity contribution in [2.24, 2.45) is 0 Å². The summed E-state index contributed by atoms with van der Waals surface area (Å²) in [4.78, 5) is 30.1. The second-order valence-electron chi connectivity index (χ2n) is 19.9. The summed E-state index contributed by atoms with van der Waals surface area (Å²) in [6.07, 6.45) is 1.25. The maximum atomic E-state index is 14.1. The number of fused-ring (bicyclic) bond motifs is 1. The first kappa shape index (κ1) is 44.8. The Bertz CT molecular complexity index is 1960. The van der Waals surface area contributed by atoms with E-state index in [2.05, 4.69) is 107 Å². The topological polar surface area (TPSA) is 110 Å². The maximum Gasteiger partial charge on any atom is 0.266 e. The van der Waals surface area contributed by atoms with Gasteiger partial charge in [0.2, 0.25) is 0 Å². The van der Waals surface area contributed by atoms with Crippen LogP contribution in [0.4, 0.5) is 5.82 Å². The van der Waals surface area contributed by atoms with Gasteiger partial charge in [-0.05, 0) is 72.1 Å². The van der Waals surface area contributed by atoms with E-state index in [9.17, 15) is 4.79 Å². The lowest BCUT2D eigenvalue weighted by atomic mass is 10.1. The summed E-state index contributed by atoms with van der Waals surface area (Å²) in [5.74, 6) is 0.727. The molecule has 0 radical (unpaired) electrons. The lowest BCUT2D eigenvalue weighted by molar-refractivity contribution is -0.120. The fraction of sp³-hybridized carbons (Fsp3) is 0.581. The summed E-state index contributed by atoms with van der Waals surface area (Å²) in [6, 6.07) is 19.2. The van der Waals surface area contributed by atoms with Gasteiger partial charge in [-0.15, -0.1) is 0 Å². The third kappa shape index (κ3) is 10.1. The van der Waals surface area contributed by atoms with Crippen molar-refractivity contribution in [2.45, 2.75) is 148 Å². The van der Waals surface area contributed by atoms with Crippen LogP contribution in [0.1, 0.15) is 74.1 Å². The van der Waals surface area contributed by atoms with Gasteiger partial charge in [0.25, 0.3) is 5.91 Å². The average molecular weight is 834 g/mol. The van der Waals surface area contributed by atoms with E-state index in [1.54, 1.807) is 11.2 Å². The molecule has 4 aromatic rings. The molecule has 2 aromatic heterocycles. The zero-order valence-electron chi connectivity index (χ0n) is 37.0. The minimum absolute atomic E-state index is 0.0148. The molecular weight excluding hydrogens is 767 g/mol. The Morgan fingerprint density at radius 3 is 1.84 bits per heavy atom. The Kier molecular flexibility index (Phi) is 13.2. The number of hydrogen-bond acceptors (Lipinski definition) is 9. The summed E-state index contributed by atoms with van der Waals surface area (Å²) < 4.78 is 36.7. The van der Waals surface area contributed by atoms with Gasteiger partial charge in [0.1, 0.15) is 30.4 Å². The van der Waals surface area contributed by atoms with E-state index in [0.29, 0.717) is 29.3 Å². The van der Waals surface area contributed by atoms with Crippen LogP contribution in [0.25, 0.3) is 11.2 Å². The third-order valence-electron chi connectivity index (χ3n) is 12.6. The first-order chi connectivity index (χ1) is 26.3. The molecule has 0 bridgehead atoms. The zero-order chi connectivity index (χ0) is 42.2. The van der Waals surface area contributed by atoms with Crippen molar-refractivity contribution in [3.05, 3.63) is 78.9 Å². The molecule has 2 aromatic carbocycles. The largest absolute Gasteiger partial charge is 0.484 e. The Hall–Kier alpha value is -3.25. The fourth-order valence-corrected chi connectivity index (χ4v) is 9.50. The first-order valence-corrected chi connectivity index (χ1v) is 28.9.